The Bertz CT molecular complexity index is 696. The van der Waals surface area contributed by atoms with E-state index < -0.39 is 0 Å². The summed E-state index contributed by atoms with van der Waals surface area (Å²) in [5, 5.41) is 6.52. The van der Waals surface area contributed by atoms with Gasteiger partial charge in [0.05, 0.1) is 18.2 Å². The molecular formula is C22H31N3O3. The van der Waals surface area contributed by atoms with Gasteiger partial charge in [0, 0.05) is 30.4 Å². The minimum Gasteiger partial charge on any atom is -0.372 e. The predicted molar refractivity (Wildman–Crippen MR) is 108 cm³/mol. The molecule has 4 rings (SSSR count). The Hall–Kier alpha value is -1.92. The number of hydrogen-bond acceptors (Lipinski definition) is 4. The van der Waals surface area contributed by atoms with Crippen LogP contribution in [0.1, 0.15) is 56.3 Å². The molecule has 1 aromatic rings. The van der Waals surface area contributed by atoms with Crippen LogP contribution in [0.4, 0.5) is 5.69 Å². The highest BCUT2D eigenvalue weighted by Crippen LogP contribution is 2.33. The van der Waals surface area contributed by atoms with E-state index in [1.807, 2.05) is 30.9 Å². The van der Waals surface area contributed by atoms with Gasteiger partial charge in [0.25, 0.3) is 5.91 Å². The average Bonchev–Trinajstić information content (AvgIpc) is 3.12. The molecule has 2 saturated heterocycles. The Morgan fingerprint density at radius 1 is 1.07 bits per heavy atom. The molecule has 2 aliphatic heterocycles. The van der Waals surface area contributed by atoms with E-state index in [1.54, 1.807) is 12.1 Å². The van der Waals surface area contributed by atoms with Crippen LogP contribution in [-0.4, -0.2) is 54.1 Å². The minimum absolute atomic E-state index is 0.0152. The van der Waals surface area contributed by atoms with Gasteiger partial charge < -0.3 is 20.3 Å². The molecule has 152 valence electrons. The molecular weight excluding hydrogens is 354 g/mol. The number of rotatable bonds is 3. The highest BCUT2D eigenvalue weighted by molar-refractivity contribution is 5.97. The molecule has 2 heterocycles. The first kappa shape index (κ1) is 19.4. The molecule has 2 N–H and O–H groups in total. The fourth-order valence-corrected chi connectivity index (χ4v) is 4.97. The number of fused-ring (bicyclic) bond motifs is 1. The van der Waals surface area contributed by atoms with Crippen molar-refractivity contribution in [1.29, 1.82) is 0 Å². The quantitative estimate of drug-likeness (QED) is 0.839. The monoisotopic (exact) mass is 385 g/mol. The number of benzene rings is 1. The third kappa shape index (κ3) is 4.23. The summed E-state index contributed by atoms with van der Waals surface area (Å²) in [6.45, 7) is 5.19. The third-order valence-electron chi connectivity index (χ3n) is 6.29. The molecule has 0 aromatic heterocycles. The predicted octanol–water partition coefficient (Wildman–Crippen LogP) is 2.80. The Morgan fingerprint density at radius 3 is 2.43 bits per heavy atom. The van der Waals surface area contributed by atoms with Crippen molar-refractivity contribution in [2.75, 3.05) is 18.4 Å². The van der Waals surface area contributed by atoms with Crippen molar-refractivity contribution in [2.45, 2.75) is 70.2 Å². The van der Waals surface area contributed by atoms with E-state index in [0.717, 1.165) is 12.1 Å². The van der Waals surface area contributed by atoms with Crippen molar-refractivity contribution in [3.8, 4) is 0 Å². The van der Waals surface area contributed by atoms with Crippen molar-refractivity contribution in [2.24, 2.45) is 5.92 Å². The molecule has 3 fully saturated rings. The molecule has 0 spiro atoms. The Morgan fingerprint density at radius 2 is 1.75 bits per heavy atom. The first-order valence-electron chi connectivity index (χ1n) is 10.6. The van der Waals surface area contributed by atoms with Gasteiger partial charge in [-0.1, -0.05) is 12.8 Å². The molecule has 0 radical (unpaired) electrons. The van der Waals surface area contributed by atoms with Crippen LogP contribution >= 0.6 is 0 Å². The van der Waals surface area contributed by atoms with E-state index in [2.05, 4.69) is 10.6 Å². The smallest absolute Gasteiger partial charge is 0.254 e. The first-order chi connectivity index (χ1) is 13.5. The maximum atomic E-state index is 12.8. The lowest BCUT2D eigenvalue weighted by atomic mass is 9.85. The van der Waals surface area contributed by atoms with Gasteiger partial charge in [-0.3, -0.25) is 9.59 Å². The number of amides is 2. The number of morpholine rings is 1. The van der Waals surface area contributed by atoms with Gasteiger partial charge in [0.15, 0.2) is 0 Å². The van der Waals surface area contributed by atoms with Crippen LogP contribution in [0, 0.1) is 5.92 Å². The van der Waals surface area contributed by atoms with Gasteiger partial charge in [0.1, 0.15) is 0 Å². The van der Waals surface area contributed by atoms with Gasteiger partial charge >= 0.3 is 0 Å². The van der Waals surface area contributed by atoms with Crippen molar-refractivity contribution in [1.82, 2.24) is 10.2 Å². The first-order valence-corrected chi connectivity index (χ1v) is 10.6. The summed E-state index contributed by atoms with van der Waals surface area (Å²) in [7, 11) is 0. The Kier molecular flexibility index (Phi) is 5.69. The Labute approximate surface area is 167 Å². The second kappa shape index (κ2) is 8.21. The zero-order chi connectivity index (χ0) is 19.7. The SMILES string of the molecule is CC1CN(C(=O)c2ccc(NC(=O)C3CC4CCCCC4N3)cc2)CC(C)O1. The number of carbonyl (C=O) groups excluding carboxylic acids is 2. The van der Waals surface area contributed by atoms with Crippen LogP contribution < -0.4 is 10.6 Å². The summed E-state index contributed by atoms with van der Waals surface area (Å²) in [5.41, 5.74) is 1.38. The summed E-state index contributed by atoms with van der Waals surface area (Å²) in [5.74, 6) is 0.688. The second-order valence-electron chi connectivity index (χ2n) is 8.64. The maximum Gasteiger partial charge on any atom is 0.254 e. The number of ether oxygens (including phenoxy) is 1. The van der Waals surface area contributed by atoms with E-state index in [9.17, 15) is 9.59 Å². The normalized spacial score (nSPS) is 32.6. The number of anilines is 1. The topological polar surface area (TPSA) is 70.7 Å². The van der Waals surface area contributed by atoms with Gasteiger partial charge in [-0.15, -0.1) is 0 Å². The van der Waals surface area contributed by atoms with E-state index in [0.29, 0.717) is 30.6 Å². The van der Waals surface area contributed by atoms with Crippen LogP contribution in [0.2, 0.25) is 0 Å². The fourth-order valence-electron chi connectivity index (χ4n) is 4.97. The molecule has 1 aliphatic carbocycles. The highest BCUT2D eigenvalue weighted by atomic mass is 16.5. The standard InChI is InChI=1S/C22H31N3O3/c1-14-12-25(13-15(2)28-14)22(27)16-7-9-18(10-8-16)23-21(26)20-11-17-5-3-4-6-19(17)24-20/h7-10,14-15,17,19-20,24H,3-6,11-13H2,1-2H3,(H,23,26). The Balaban J connectivity index is 1.34. The van der Waals surface area contributed by atoms with Crippen LogP contribution in [0.15, 0.2) is 24.3 Å². The fraction of sp³-hybridized carbons (Fsp3) is 0.636. The van der Waals surface area contributed by atoms with Crippen molar-refractivity contribution in [3.63, 3.8) is 0 Å². The number of carbonyl (C=O) groups is 2. The van der Waals surface area contributed by atoms with Crippen LogP contribution in [0.3, 0.4) is 0 Å². The van der Waals surface area contributed by atoms with E-state index in [4.69, 9.17) is 4.74 Å². The largest absolute Gasteiger partial charge is 0.372 e. The highest BCUT2D eigenvalue weighted by Gasteiger charge is 2.38. The summed E-state index contributed by atoms with van der Waals surface area (Å²) in [4.78, 5) is 27.2. The van der Waals surface area contributed by atoms with E-state index >= 15 is 0 Å². The second-order valence-corrected chi connectivity index (χ2v) is 8.64. The lowest BCUT2D eigenvalue weighted by molar-refractivity contribution is -0.117. The molecule has 1 saturated carbocycles. The van der Waals surface area contributed by atoms with Crippen molar-refractivity contribution < 1.29 is 14.3 Å². The van der Waals surface area contributed by atoms with E-state index in [1.165, 1.54) is 25.7 Å². The summed E-state index contributed by atoms with van der Waals surface area (Å²) in [6, 6.07) is 7.63. The molecule has 3 aliphatic rings. The number of nitrogens with zero attached hydrogens (tertiary/aromatic N) is 1. The zero-order valence-electron chi connectivity index (χ0n) is 16.8. The molecule has 28 heavy (non-hydrogen) atoms. The van der Waals surface area contributed by atoms with Crippen LogP contribution in [-0.2, 0) is 9.53 Å². The van der Waals surface area contributed by atoms with Gasteiger partial charge in [-0.25, -0.2) is 0 Å². The molecule has 1 aromatic carbocycles. The van der Waals surface area contributed by atoms with Crippen molar-refractivity contribution >= 4 is 17.5 Å². The third-order valence-corrected chi connectivity index (χ3v) is 6.29. The van der Waals surface area contributed by atoms with Gasteiger partial charge in [-0.05, 0) is 63.3 Å². The molecule has 6 nitrogen and oxygen atoms in total. The molecule has 5 atom stereocenters. The van der Waals surface area contributed by atoms with E-state index in [-0.39, 0.29) is 30.1 Å². The lowest BCUT2D eigenvalue weighted by Gasteiger charge is -2.35. The molecule has 0 bridgehead atoms. The molecule has 2 amide bonds. The average molecular weight is 386 g/mol. The molecule has 6 heteroatoms. The van der Waals surface area contributed by atoms with Gasteiger partial charge in [-0.2, -0.15) is 0 Å². The van der Waals surface area contributed by atoms with Gasteiger partial charge in [0.2, 0.25) is 5.91 Å². The van der Waals surface area contributed by atoms with Crippen LogP contribution in [0.25, 0.3) is 0 Å². The summed E-state index contributed by atoms with van der Waals surface area (Å²) >= 11 is 0. The minimum atomic E-state index is -0.106. The maximum absolute atomic E-state index is 12.8. The zero-order valence-corrected chi connectivity index (χ0v) is 16.8. The summed E-state index contributed by atoms with van der Waals surface area (Å²) in [6.07, 6.45) is 6.00. The lowest BCUT2D eigenvalue weighted by Crippen LogP contribution is -2.48. The number of hydrogen-bond donors (Lipinski definition) is 2. The number of nitrogens with one attached hydrogen (secondary N) is 2. The molecule has 5 unspecified atom stereocenters. The summed E-state index contributed by atoms with van der Waals surface area (Å²) < 4.78 is 5.70. The van der Waals surface area contributed by atoms with Crippen molar-refractivity contribution in [3.05, 3.63) is 29.8 Å². The van der Waals surface area contributed by atoms with Crippen LogP contribution in [0.5, 0.6) is 0 Å².